The third-order valence-electron chi connectivity index (χ3n) is 11.7. The Morgan fingerprint density at radius 1 is 0.615 bits per heavy atom. The van der Waals surface area contributed by atoms with Crippen LogP contribution in [0.4, 0.5) is 0 Å². The summed E-state index contributed by atoms with van der Waals surface area (Å²) >= 11 is 0. The molecule has 0 amide bonds. The van der Waals surface area contributed by atoms with Crippen LogP contribution in [0.25, 0.3) is 82.1 Å². The maximum Gasteiger partial charge on any atom is 0.136 e. The molecule has 0 bridgehead atoms. The Hall–Kier alpha value is -6.18. The Kier molecular flexibility index (Phi) is 6.73. The molecule has 0 radical (unpaired) electrons. The molecule has 1 heterocycles. The lowest BCUT2D eigenvalue weighted by Crippen LogP contribution is -2.15. The van der Waals surface area contributed by atoms with E-state index in [0.717, 1.165) is 23.2 Å². The highest BCUT2D eigenvalue weighted by Crippen LogP contribution is 2.54. The molecule has 1 heteroatoms. The van der Waals surface area contributed by atoms with Crippen LogP contribution < -0.4 is 0 Å². The summed E-state index contributed by atoms with van der Waals surface area (Å²) in [6.07, 6.45) is 2.87. The van der Waals surface area contributed by atoms with Crippen molar-refractivity contribution in [2.75, 3.05) is 0 Å². The van der Waals surface area contributed by atoms with Gasteiger partial charge in [0.25, 0.3) is 0 Å². The van der Waals surface area contributed by atoms with Gasteiger partial charge in [0.15, 0.2) is 0 Å². The first kappa shape index (κ1) is 30.6. The van der Waals surface area contributed by atoms with Crippen LogP contribution in [0.3, 0.4) is 0 Å². The minimum atomic E-state index is -0.165. The molecule has 1 nitrogen and oxygen atoms in total. The first-order valence-electron chi connectivity index (χ1n) is 18.3. The van der Waals surface area contributed by atoms with Gasteiger partial charge in [-0.05, 0) is 107 Å². The largest absolute Gasteiger partial charge is 0.456 e. The van der Waals surface area contributed by atoms with Crippen molar-refractivity contribution in [3.8, 4) is 22.3 Å². The number of hydrogen-bond donors (Lipinski definition) is 0. The highest BCUT2D eigenvalue weighted by molar-refractivity contribution is 6.21. The first-order valence-corrected chi connectivity index (χ1v) is 18.3. The standard InChI is InChI=1S/C51H38O/c1-5-32(33-15-7-6-8-16-33)29-31(2)47-35-17-9-11-19-37(35)48(38-20-12-10-18-36(38)47)34-23-27-44-43(30-34)41-25-24-39-40(50(41)51(44,3)4)26-28-46-49(39)42-21-13-14-22-45(42)52-46/h5-28,30,32H,1-2,29H2,3-4H3. The van der Waals surface area contributed by atoms with Crippen molar-refractivity contribution >= 4 is 59.8 Å². The van der Waals surface area contributed by atoms with Gasteiger partial charge in [-0.3, -0.25) is 0 Å². The summed E-state index contributed by atoms with van der Waals surface area (Å²) in [7, 11) is 0. The van der Waals surface area contributed by atoms with E-state index in [0.29, 0.717) is 0 Å². The zero-order chi connectivity index (χ0) is 35.1. The Balaban J connectivity index is 1.17. The molecule has 0 spiro atoms. The number of benzene rings is 8. The summed E-state index contributed by atoms with van der Waals surface area (Å²) in [6, 6.07) is 53.1. The van der Waals surface area contributed by atoms with Gasteiger partial charge in [-0.2, -0.15) is 0 Å². The fourth-order valence-corrected chi connectivity index (χ4v) is 9.35. The van der Waals surface area contributed by atoms with Gasteiger partial charge in [-0.1, -0.05) is 154 Å². The predicted octanol–water partition coefficient (Wildman–Crippen LogP) is 14.4. The van der Waals surface area contributed by atoms with Gasteiger partial charge < -0.3 is 4.42 Å². The zero-order valence-electron chi connectivity index (χ0n) is 29.5. The smallest absolute Gasteiger partial charge is 0.136 e. The van der Waals surface area contributed by atoms with Gasteiger partial charge in [0.1, 0.15) is 11.2 Å². The van der Waals surface area contributed by atoms with Crippen molar-refractivity contribution in [3.05, 3.63) is 187 Å². The topological polar surface area (TPSA) is 13.1 Å². The summed E-state index contributed by atoms with van der Waals surface area (Å²) in [5.41, 5.74) is 13.2. The molecule has 1 aliphatic rings. The van der Waals surface area contributed by atoms with Crippen molar-refractivity contribution in [2.24, 2.45) is 0 Å². The fourth-order valence-electron chi connectivity index (χ4n) is 9.35. The number of allylic oxidation sites excluding steroid dienone is 2. The second kappa shape index (κ2) is 11.4. The molecule has 9 aromatic rings. The minimum absolute atomic E-state index is 0.165. The molecule has 8 aromatic carbocycles. The van der Waals surface area contributed by atoms with E-state index in [2.05, 4.69) is 166 Å². The highest BCUT2D eigenvalue weighted by Gasteiger charge is 2.37. The molecule has 10 rings (SSSR count). The maximum absolute atomic E-state index is 6.29. The van der Waals surface area contributed by atoms with Crippen LogP contribution in [0.1, 0.15) is 48.4 Å². The average molecular weight is 667 g/mol. The van der Waals surface area contributed by atoms with Gasteiger partial charge in [0.05, 0.1) is 0 Å². The van der Waals surface area contributed by atoms with E-state index < -0.39 is 0 Å². The number of hydrogen-bond acceptors (Lipinski definition) is 1. The van der Waals surface area contributed by atoms with E-state index in [1.54, 1.807) is 0 Å². The monoisotopic (exact) mass is 666 g/mol. The van der Waals surface area contributed by atoms with Crippen molar-refractivity contribution in [3.63, 3.8) is 0 Å². The van der Waals surface area contributed by atoms with E-state index in [4.69, 9.17) is 11.0 Å². The van der Waals surface area contributed by atoms with Gasteiger partial charge in [0, 0.05) is 22.1 Å². The number of fused-ring (bicyclic) bond motifs is 11. The Morgan fingerprint density at radius 2 is 1.25 bits per heavy atom. The third kappa shape index (κ3) is 4.36. The van der Waals surface area contributed by atoms with Crippen LogP contribution in [-0.4, -0.2) is 0 Å². The fraction of sp³-hybridized carbons (Fsp3) is 0.0980. The summed E-state index contributed by atoms with van der Waals surface area (Å²) in [5, 5.41) is 9.89. The van der Waals surface area contributed by atoms with Crippen LogP contribution in [0.15, 0.2) is 169 Å². The molecule has 0 fully saturated rings. The number of para-hydroxylation sites is 1. The maximum atomic E-state index is 6.29. The summed E-state index contributed by atoms with van der Waals surface area (Å²) in [6.45, 7) is 13.7. The molecule has 1 unspecified atom stereocenters. The molecule has 1 aromatic heterocycles. The normalized spacial score (nSPS) is 13.9. The SMILES string of the molecule is C=CC(CC(=C)c1c2ccccc2c(-c2ccc3c(c2)-c2ccc4c(ccc5oc6ccccc6c54)c2C3(C)C)c2ccccc12)c1ccccc1. The zero-order valence-corrected chi connectivity index (χ0v) is 29.5. The number of rotatable bonds is 6. The Labute approximate surface area is 304 Å². The Bertz CT molecular complexity index is 2880. The second-order valence-corrected chi connectivity index (χ2v) is 14.9. The quantitative estimate of drug-likeness (QED) is 0.127. The third-order valence-corrected chi connectivity index (χ3v) is 11.7. The predicted molar refractivity (Wildman–Crippen MR) is 222 cm³/mol. The van der Waals surface area contributed by atoms with Crippen LogP contribution in [-0.2, 0) is 5.41 Å². The van der Waals surface area contributed by atoms with Gasteiger partial charge in [-0.15, -0.1) is 6.58 Å². The van der Waals surface area contributed by atoms with E-state index in [9.17, 15) is 0 Å². The van der Waals surface area contributed by atoms with E-state index in [1.807, 2.05) is 6.07 Å². The molecule has 0 saturated heterocycles. The van der Waals surface area contributed by atoms with Crippen molar-refractivity contribution in [1.82, 2.24) is 0 Å². The Morgan fingerprint density at radius 3 is 1.96 bits per heavy atom. The first-order chi connectivity index (χ1) is 25.4. The molecular formula is C51H38O. The van der Waals surface area contributed by atoms with E-state index in [-0.39, 0.29) is 11.3 Å². The average Bonchev–Trinajstić information content (AvgIpc) is 3.68. The summed E-state index contributed by atoms with van der Waals surface area (Å²) in [4.78, 5) is 0. The molecule has 0 saturated carbocycles. The number of furan rings is 1. The van der Waals surface area contributed by atoms with Crippen LogP contribution in [0.2, 0.25) is 0 Å². The second-order valence-electron chi connectivity index (χ2n) is 14.9. The highest BCUT2D eigenvalue weighted by atomic mass is 16.3. The molecule has 52 heavy (non-hydrogen) atoms. The molecule has 1 atom stereocenters. The van der Waals surface area contributed by atoms with Crippen molar-refractivity contribution < 1.29 is 4.42 Å². The summed E-state index contributed by atoms with van der Waals surface area (Å²) < 4.78 is 6.29. The summed E-state index contributed by atoms with van der Waals surface area (Å²) in [5.74, 6) is 0.186. The van der Waals surface area contributed by atoms with E-state index in [1.165, 1.54) is 87.6 Å². The molecule has 0 N–H and O–H groups in total. The van der Waals surface area contributed by atoms with Gasteiger partial charge in [-0.25, -0.2) is 0 Å². The van der Waals surface area contributed by atoms with Crippen LogP contribution in [0, 0.1) is 0 Å². The van der Waals surface area contributed by atoms with E-state index >= 15 is 0 Å². The molecular weight excluding hydrogens is 629 g/mol. The van der Waals surface area contributed by atoms with Crippen molar-refractivity contribution in [2.45, 2.75) is 31.6 Å². The molecule has 0 aliphatic heterocycles. The lowest BCUT2D eigenvalue weighted by atomic mass is 9.79. The van der Waals surface area contributed by atoms with Crippen LogP contribution in [0.5, 0.6) is 0 Å². The van der Waals surface area contributed by atoms with Gasteiger partial charge in [0.2, 0.25) is 0 Å². The molecule has 1 aliphatic carbocycles. The minimum Gasteiger partial charge on any atom is -0.456 e. The lowest BCUT2D eigenvalue weighted by Gasteiger charge is -2.24. The lowest BCUT2D eigenvalue weighted by molar-refractivity contribution is 0.665. The van der Waals surface area contributed by atoms with Crippen LogP contribution >= 0.6 is 0 Å². The van der Waals surface area contributed by atoms with Crippen molar-refractivity contribution in [1.29, 1.82) is 0 Å². The van der Waals surface area contributed by atoms with Gasteiger partial charge >= 0.3 is 0 Å². The molecule has 248 valence electrons.